The van der Waals surface area contributed by atoms with Gasteiger partial charge in [-0.25, -0.2) is 0 Å². The maximum absolute atomic E-state index is 12.4. The zero-order chi connectivity index (χ0) is 13.9. The van der Waals surface area contributed by atoms with E-state index in [1.165, 1.54) is 0 Å². The summed E-state index contributed by atoms with van der Waals surface area (Å²) in [5.41, 5.74) is 4.64. The Bertz CT molecular complexity index is 341. The Morgan fingerprint density at radius 1 is 1.50 bits per heavy atom. The number of carbonyl (C=O) groups excluding carboxylic acids is 1. The summed E-state index contributed by atoms with van der Waals surface area (Å²) in [7, 11) is 2.07. The lowest BCUT2D eigenvalue weighted by Gasteiger charge is -2.41. The monoisotopic (exact) mass is 256 g/mol. The van der Waals surface area contributed by atoms with Crippen LogP contribution in [0.15, 0.2) is 5.16 Å². The average Bonchev–Trinajstić information content (AvgIpc) is 2.37. The highest BCUT2D eigenvalue weighted by Crippen LogP contribution is 2.22. The van der Waals surface area contributed by atoms with Gasteiger partial charge in [0.15, 0.2) is 5.84 Å². The Balaban J connectivity index is 2.79. The minimum absolute atomic E-state index is 0.0422. The minimum Gasteiger partial charge on any atom is -0.409 e. The summed E-state index contributed by atoms with van der Waals surface area (Å²) in [6.45, 7) is 7.73. The molecule has 1 aliphatic heterocycles. The van der Waals surface area contributed by atoms with Crippen LogP contribution in [0, 0.1) is 5.41 Å². The number of nitrogens with zero attached hydrogens (tertiary/aromatic N) is 3. The molecule has 1 amide bonds. The van der Waals surface area contributed by atoms with E-state index in [2.05, 4.69) is 24.0 Å². The first-order valence-electron chi connectivity index (χ1n) is 6.32. The molecule has 0 aliphatic carbocycles. The molecule has 0 aromatic heterocycles. The van der Waals surface area contributed by atoms with Crippen molar-refractivity contribution >= 4 is 11.7 Å². The van der Waals surface area contributed by atoms with Gasteiger partial charge in [-0.15, -0.1) is 0 Å². The first kappa shape index (κ1) is 14.8. The van der Waals surface area contributed by atoms with Crippen LogP contribution in [0.5, 0.6) is 0 Å². The van der Waals surface area contributed by atoms with Gasteiger partial charge in [0.25, 0.3) is 0 Å². The smallest absolute Gasteiger partial charge is 0.236 e. The van der Waals surface area contributed by atoms with Crippen LogP contribution in [0.4, 0.5) is 0 Å². The van der Waals surface area contributed by atoms with Gasteiger partial charge in [0.2, 0.25) is 5.91 Å². The molecule has 6 nitrogen and oxygen atoms in total. The highest BCUT2D eigenvalue weighted by molar-refractivity contribution is 6.05. The maximum atomic E-state index is 12.4. The number of oxime groups is 1. The van der Waals surface area contributed by atoms with E-state index in [4.69, 9.17) is 10.9 Å². The fourth-order valence-corrected chi connectivity index (χ4v) is 2.20. The van der Waals surface area contributed by atoms with Crippen molar-refractivity contribution in [1.82, 2.24) is 9.80 Å². The third-order valence-electron chi connectivity index (χ3n) is 3.82. The van der Waals surface area contributed by atoms with Crippen LogP contribution in [0.2, 0.25) is 0 Å². The van der Waals surface area contributed by atoms with Crippen LogP contribution < -0.4 is 5.73 Å². The number of rotatable bonds is 3. The van der Waals surface area contributed by atoms with Crippen molar-refractivity contribution in [2.45, 2.75) is 33.2 Å². The molecule has 0 aromatic rings. The number of carbonyl (C=O) groups is 1. The lowest BCUT2D eigenvalue weighted by molar-refractivity contribution is -0.139. The van der Waals surface area contributed by atoms with Gasteiger partial charge in [0.05, 0.1) is 0 Å². The maximum Gasteiger partial charge on any atom is 0.236 e. The highest BCUT2D eigenvalue weighted by atomic mass is 16.4. The van der Waals surface area contributed by atoms with Crippen LogP contribution >= 0.6 is 0 Å². The van der Waals surface area contributed by atoms with Gasteiger partial charge in [0, 0.05) is 25.7 Å². The number of nitrogens with two attached hydrogens (primary N) is 1. The molecule has 6 heteroatoms. The van der Waals surface area contributed by atoms with Crippen molar-refractivity contribution < 1.29 is 10.0 Å². The molecule has 1 saturated heterocycles. The van der Waals surface area contributed by atoms with Crippen LogP contribution in [0.25, 0.3) is 0 Å². The molecule has 1 rings (SSSR count). The predicted molar refractivity (Wildman–Crippen MR) is 70.5 cm³/mol. The molecule has 0 bridgehead atoms. The molecule has 18 heavy (non-hydrogen) atoms. The van der Waals surface area contributed by atoms with Gasteiger partial charge < -0.3 is 15.8 Å². The van der Waals surface area contributed by atoms with Crippen molar-refractivity contribution in [1.29, 1.82) is 0 Å². The lowest BCUT2D eigenvalue weighted by atomic mass is 9.89. The fraction of sp³-hybridized carbons (Fsp3) is 0.833. The summed E-state index contributed by atoms with van der Waals surface area (Å²) >= 11 is 0. The Morgan fingerprint density at radius 2 is 2.11 bits per heavy atom. The molecule has 1 fully saturated rings. The topological polar surface area (TPSA) is 82.2 Å². The summed E-state index contributed by atoms with van der Waals surface area (Å²) in [6.07, 6.45) is 1.00. The van der Waals surface area contributed by atoms with E-state index in [-0.39, 0.29) is 11.7 Å². The van der Waals surface area contributed by atoms with Gasteiger partial charge in [-0.3, -0.25) is 9.69 Å². The van der Waals surface area contributed by atoms with Crippen LogP contribution in [0.1, 0.15) is 27.2 Å². The van der Waals surface area contributed by atoms with Gasteiger partial charge >= 0.3 is 0 Å². The number of amides is 1. The van der Waals surface area contributed by atoms with E-state index in [0.29, 0.717) is 19.1 Å². The molecule has 3 N–H and O–H groups in total. The first-order valence-corrected chi connectivity index (χ1v) is 6.32. The number of amidine groups is 1. The van der Waals surface area contributed by atoms with Crippen molar-refractivity contribution in [3.8, 4) is 0 Å². The highest BCUT2D eigenvalue weighted by Gasteiger charge is 2.38. The first-order chi connectivity index (χ1) is 8.34. The molecule has 0 saturated carbocycles. The third-order valence-corrected chi connectivity index (χ3v) is 3.82. The largest absolute Gasteiger partial charge is 0.409 e. The van der Waals surface area contributed by atoms with E-state index in [0.717, 1.165) is 13.0 Å². The predicted octanol–water partition coefficient (Wildman–Crippen LogP) is 0.312. The van der Waals surface area contributed by atoms with E-state index in [9.17, 15) is 4.79 Å². The van der Waals surface area contributed by atoms with Crippen molar-refractivity contribution in [2.24, 2.45) is 16.3 Å². The number of hydrogen-bond donors (Lipinski definition) is 2. The summed E-state index contributed by atoms with van der Waals surface area (Å²) in [5.74, 6) is -0.121. The minimum atomic E-state index is -0.955. The van der Waals surface area contributed by atoms with E-state index < -0.39 is 5.41 Å². The van der Waals surface area contributed by atoms with E-state index >= 15 is 0 Å². The summed E-state index contributed by atoms with van der Waals surface area (Å²) in [6, 6.07) is 0.380. The molecule has 1 atom stereocenters. The molecular weight excluding hydrogens is 232 g/mol. The average molecular weight is 256 g/mol. The SMILES string of the molecule is CCC1CN(C(=O)C(C)(C)/C(N)=N/O)CCN1C. The van der Waals surface area contributed by atoms with Gasteiger partial charge in [-0.2, -0.15) is 0 Å². The molecule has 0 radical (unpaired) electrons. The van der Waals surface area contributed by atoms with E-state index in [1.807, 2.05) is 4.90 Å². The second-order valence-electron chi connectivity index (χ2n) is 5.40. The Hall–Kier alpha value is -1.30. The molecular formula is C12H24N4O2. The second-order valence-corrected chi connectivity index (χ2v) is 5.40. The lowest BCUT2D eigenvalue weighted by Crippen LogP contribution is -2.57. The Labute approximate surface area is 108 Å². The Kier molecular flexibility index (Phi) is 4.56. The molecule has 0 spiro atoms. The van der Waals surface area contributed by atoms with Crippen molar-refractivity contribution in [3.05, 3.63) is 0 Å². The zero-order valence-corrected chi connectivity index (χ0v) is 11.7. The summed E-state index contributed by atoms with van der Waals surface area (Å²) in [4.78, 5) is 16.5. The van der Waals surface area contributed by atoms with Gasteiger partial charge in [-0.1, -0.05) is 12.1 Å². The normalized spacial score (nSPS) is 23.2. The van der Waals surface area contributed by atoms with Crippen molar-refractivity contribution in [3.63, 3.8) is 0 Å². The fourth-order valence-electron chi connectivity index (χ4n) is 2.20. The molecule has 1 unspecified atom stereocenters. The van der Waals surface area contributed by atoms with Crippen molar-refractivity contribution in [2.75, 3.05) is 26.7 Å². The van der Waals surface area contributed by atoms with Crippen LogP contribution in [-0.4, -0.2) is 59.5 Å². The number of hydrogen-bond acceptors (Lipinski definition) is 4. The third kappa shape index (κ3) is 2.75. The molecule has 1 heterocycles. The zero-order valence-electron chi connectivity index (χ0n) is 11.7. The standard InChI is InChI=1S/C12H24N4O2/c1-5-9-8-16(7-6-15(9)4)11(17)12(2,3)10(13)14-18/h9,18H,5-8H2,1-4H3,(H2,13,14). The van der Waals surface area contributed by atoms with Crippen LogP contribution in [-0.2, 0) is 4.79 Å². The van der Waals surface area contributed by atoms with Crippen LogP contribution in [0.3, 0.4) is 0 Å². The summed E-state index contributed by atoms with van der Waals surface area (Å²) in [5, 5.41) is 11.7. The Morgan fingerprint density at radius 3 is 2.61 bits per heavy atom. The number of piperazine rings is 1. The quantitative estimate of drug-likeness (QED) is 0.329. The molecule has 0 aromatic carbocycles. The molecule has 1 aliphatic rings. The molecule has 104 valence electrons. The van der Waals surface area contributed by atoms with E-state index in [1.54, 1.807) is 13.8 Å². The summed E-state index contributed by atoms with van der Waals surface area (Å²) < 4.78 is 0. The van der Waals surface area contributed by atoms with Gasteiger partial charge in [0.1, 0.15) is 5.41 Å². The van der Waals surface area contributed by atoms with Gasteiger partial charge in [-0.05, 0) is 27.3 Å². The second kappa shape index (κ2) is 5.56. The number of likely N-dealkylation sites (N-methyl/N-ethyl adjacent to an activating group) is 1.